The minimum absolute atomic E-state index is 0.0722. The van der Waals surface area contributed by atoms with Gasteiger partial charge in [-0.1, -0.05) is 35.9 Å². The summed E-state index contributed by atoms with van der Waals surface area (Å²) >= 11 is 0. The maximum Gasteiger partial charge on any atom is 0.432 e. The van der Waals surface area contributed by atoms with Crippen LogP contribution in [0.5, 0.6) is 0 Å². The van der Waals surface area contributed by atoms with Crippen molar-refractivity contribution in [1.82, 2.24) is 10.9 Å². The van der Waals surface area contributed by atoms with Crippen LogP contribution in [-0.2, 0) is 15.6 Å². The fourth-order valence-corrected chi connectivity index (χ4v) is 3.47. The van der Waals surface area contributed by atoms with E-state index in [4.69, 9.17) is 5.14 Å². The summed E-state index contributed by atoms with van der Waals surface area (Å²) in [5, 5.41) is 4.94. The van der Waals surface area contributed by atoms with Crippen molar-refractivity contribution in [2.75, 3.05) is 0 Å². The molecule has 0 amide bonds. The number of rotatable bonds is 3. The molecule has 1 unspecified atom stereocenters. The second kappa shape index (κ2) is 6.32. The van der Waals surface area contributed by atoms with E-state index in [0.29, 0.717) is 5.56 Å². The number of hydrazine groups is 1. The van der Waals surface area contributed by atoms with Gasteiger partial charge in [-0.3, -0.25) is 0 Å². The van der Waals surface area contributed by atoms with Gasteiger partial charge >= 0.3 is 6.18 Å². The Labute approximate surface area is 152 Å². The van der Waals surface area contributed by atoms with E-state index < -0.39 is 38.1 Å². The molecular weight excluding hydrogens is 386 g/mol. The van der Waals surface area contributed by atoms with Crippen molar-refractivity contribution in [3.05, 3.63) is 76.7 Å². The number of hydrogen-bond donors (Lipinski definition) is 3. The van der Waals surface area contributed by atoms with Crippen molar-refractivity contribution in [3.8, 4) is 0 Å². The summed E-state index contributed by atoms with van der Waals surface area (Å²) < 4.78 is 76.6. The molecule has 27 heavy (non-hydrogen) atoms. The highest BCUT2D eigenvalue weighted by Crippen LogP contribution is 2.39. The van der Waals surface area contributed by atoms with Gasteiger partial charge in [-0.05, 0) is 36.3 Å². The zero-order valence-corrected chi connectivity index (χ0v) is 14.7. The summed E-state index contributed by atoms with van der Waals surface area (Å²) in [5.41, 5.74) is 3.40. The van der Waals surface area contributed by atoms with Gasteiger partial charge in [0.1, 0.15) is 21.9 Å². The second-order valence-electron chi connectivity index (χ2n) is 6.17. The highest BCUT2D eigenvalue weighted by atomic mass is 32.2. The molecule has 2 aromatic carbocycles. The van der Waals surface area contributed by atoms with Gasteiger partial charge in [-0.2, -0.15) is 13.2 Å². The molecule has 0 aliphatic carbocycles. The first kappa shape index (κ1) is 19.3. The van der Waals surface area contributed by atoms with Crippen molar-refractivity contribution < 1.29 is 26.0 Å². The Morgan fingerprint density at radius 2 is 1.63 bits per heavy atom. The molecule has 0 aromatic heterocycles. The summed E-state index contributed by atoms with van der Waals surface area (Å²) in [4.78, 5) is -0.740. The Balaban J connectivity index is 2.22. The van der Waals surface area contributed by atoms with Crippen molar-refractivity contribution in [3.63, 3.8) is 0 Å². The quantitative estimate of drug-likeness (QED) is 0.691. The third kappa shape index (κ3) is 3.55. The summed E-state index contributed by atoms with van der Waals surface area (Å²) in [6.45, 7) is 1.81. The van der Waals surface area contributed by atoms with Crippen LogP contribution < -0.4 is 16.0 Å². The minimum atomic E-state index is -4.65. The summed E-state index contributed by atoms with van der Waals surface area (Å²) in [6, 6.07) is 9.60. The lowest BCUT2D eigenvalue weighted by Crippen LogP contribution is -2.44. The number of halogens is 4. The topological polar surface area (TPSA) is 84.2 Å². The van der Waals surface area contributed by atoms with Crippen LogP contribution in [0.4, 0.5) is 17.6 Å². The van der Waals surface area contributed by atoms with Gasteiger partial charge in [0.05, 0.1) is 0 Å². The van der Waals surface area contributed by atoms with E-state index in [1.54, 1.807) is 24.3 Å². The number of hydrogen-bond acceptors (Lipinski definition) is 4. The molecule has 144 valence electrons. The molecule has 5 nitrogen and oxygen atoms in total. The average molecular weight is 401 g/mol. The average Bonchev–Trinajstić information content (AvgIpc) is 3.01. The second-order valence-corrected chi connectivity index (χ2v) is 7.70. The van der Waals surface area contributed by atoms with Crippen molar-refractivity contribution >= 4 is 10.0 Å². The molecule has 1 heterocycles. The van der Waals surface area contributed by atoms with E-state index >= 15 is 0 Å². The molecular formula is C17H15F4N3O2S. The van der Waals surface area contributed by atoms with Crippen LogP contribution in [0.2, 0.25) is 0 Å². The van der Waals surface area contributed by atoms with Gasteiger partial charge in [0.15, 0.2) is 0 Å². The molecule has 2 aromatic rings. The molecule has 1 aliphatic heterocycles. The summed E-state index contributed by atoms with van der Waals surface area (Å²) in [5.74, 6) is -1.16. The SMILES string of the molecule is Cc1ccc(C2(c3ccc(S(N)(=O)=O)c(F)c3)C=C(C(F)(F)F)NN2)cc1. The Bertz CT molecular complexity index is 1020. The number of alkyl halides is 3. The Morgan fingerprint density at radius 1 is 1.04 bits per heavy atom. The highest BCUT2D eigenvalue weighted by Gasteiger charge is 2.45. The lowest BCUT2D eigenvalue weighted by molar-refractivity contribution is -0.0965. The normalized spacial score (nSPS) is 20.3. The van der Waals surface area contributed by atoms with Gasteiger partial charge in [0.2, 0.25) is 10.0 Å². The number of nitrogens with two attached hydrogens (primary N) is 1. The molecule has 0 fully saturated rings. The molecule has 1 atom stereocenters. The smallest absolute Gasteiger partial charge is 0.316 e. The maximum absolute atomic E-state index is 14.3. The van der Waals surface area contributed by atoms with Gasteiger partial charge in [-0.25, -0.2) is 23.4 Å². The van der Waals surface area contributed by atoms with Crippen molar-refractivity contribution in [2.24, 2.45) is 5.14 Å². The summed E-state index contributed by atoms with van der Waals surface area (Å²) in [6.07, 6.45) is -3.76. The first-order valence-electron chi connectivity index (χ1n) is 7.67. The standard InChI is InChI=1S/C17H15F4N3O2S/c1-10-2-4-11(5-3-10)16(9-15(23-24-16)17(19,20)21)12-6-7-14(13(18)8-12)27(22,25)26/h2-9,23-24H,1H3,(H2,22,25,26). The Kier molecular flexibility index (Phi) is 4.53. The van der Waals surface area contributed by atoms with Gasteiger partial charge < -0.3 is 5.43 Å². The highest BCUT2D eigenvalue weighted by molar-refractivity contribution is 7.89. The van der Waals surface area contributed by atoms with Gasteiger partial charge in [0, 0.05) is 0 Å². The number of primary sulfonamides is 1. The van der Waals surface area contributed by atoms with E-state index in [2.05, 4.69) is 10.9 Å². The predicted octanol–water partition coefficient (Wildman–Crippen LogP) is 2.58. The molecule has 0 saturated carbocycles. The number of benzene rings is 2. The molecule has 0 bridgehead atoms. The number of aryl methyl sites for hydroxylation is 1. The van der Waals surface area contributed by atoms with E-state index in [9.17, 15) is 26.0 Å². The zero-order valence-electron chi connectivity index (χ0n) is 13.9. The summed E-state index contributed by atoms with van der Waals surface area (Å²) in [7, 11) is -4.30. The van der Waals surface area contributed by atoms with Crippen LogP contribution in [0, 0.1) is 12.7 Å². The van der Waals surface area contributed by atoms with E-state index in [1.807, 2.05) is 6.92 Å². The monoisotopic (exact) mass is 401 g/mol. The van der Waals surface area contributed by atoms with Gasteiger partial charge in [-0.15, -0.1) is 0 Å². The van der Waals surface area contributed by atoms with Crippen LogP contribution in [0.1, 0.15) is 16.7 Å². The lowest BCUT2D eigenvalue weighted by Gasteiger charge is -2.29. The molecule has 0 saturated heterocycles. The third-order valence-corrected chi connectivity index (χ3v) is 5.21. The fourth-order valence-electron chi connectivity index (χ4n) is 2.88. The van der Waals surface area contributed by atoms with Crippen LogP contribution in [0.3, 0.4) is 0 Å². The van der Waals surface area contributed by atoms with Crippen molar-refractivity contribution in [1.29, 1.82) is 0 Å². The zero-order chi connectivity index (χ0) is 20.0. The molecule has 4 N–H and O–H groups in total. The molecule has 10 heteroatoms. The largest absolute Gasteiger partial charge is 0.432 e. The van der Waals surface area contributed by atoms with E-state index in [0.717, 1.165) is 23.8 Å². The van der Waals surface area contributed by atoms with E-state index in [1.165, 1.54) is 6.07 Å². The van der Waals surface area contributed by atoms with Crippen LogP contribution in [0.25, 0.3) is 0 Å². The maximum atomic E-state index is 14.3. The molecule has 0 spiro atoms. The van der Waals surface area contributed by atoms with E-state index in [-0.39, 0.29) is 5.56 Å². The Morgan fingerprint density at radius 3 is 2.11 bits per heavy atom. The number of sulfonamides is 1. The van der Waals surface area contributed by atoms with Crippen LogP contribution in [0.15, 0.2) is 59.1 Å². The van der Waals surface area contributed by atoms with Gasteiger partial charge in [0.25, 0.3) is 0 Å². The fraction of sp³-hybridized carbons (Fsp3) is 0.176. The Hall–Kier alpha value is -2.43. The first-order valence-corrected chi connectivity index (χ1v) is 9.21. The third-order valence-electron chi connectivity index (χ3n) is 4.26. The first-order chi connectivity index (χ1) is 12.4. The minimum Gasteiger partial charge on any atom is -0.316 e. The number of nitrogens with one attached hydrogen (secondary N) is 2. The van der Waals surface area contributed by atoms with Crippen LogP contribution >= 0.6 is 0 Å². The van der Waals surface area contributed by atoms with Crippen molar-refractivity contribution in [2.45, 2.75) is 23.5 Å². The van der Waals surface area contributed by atoms with Crippen LogP contribution in [-0.4, -0.2) is 14.6 Å². The lowest BCUT2D eigenvalue weighted by atomic mass is 9.83. The number of allylic oxidation sites excluding steroid dienone is 1. The predicted molar refractivity (Wildman–Crippen MR) is 90.1 cm³/mol. The molecule has 1 aliphatic rings. The molecule has 0 radical (unpaired) electrons. The molecule has 3 rings (SSSR count).